The molecule has 0 bridgehead atoms. The molecule has 1 rings (SSSR count). The normalized spacial score (nSPS) is 10.9. The van der Waals surface area contributed by atoms with E-state index in [2.05, 4.69) is 6.58 Å². The van der Waals surface area contributed by atoms with Gasteiger partial charge in [-0.15, -0.1) is 0 Å². The van der Waals surface area contributed by atoms with Crippen LogP contribution in [0.2, 0.25) is 0 Å². The number of esters is 1. The van der Waals surface area contributed by atoms with Crippen molar-refractivity contribution in [3.8, 4) is 0 Å². The molecule has 0 fully saturated rings. The van der Waals surface area contributed by atoms with Crippen molar-refractivity contribution in [3.05, 3.63) is 42.5 Å². The molecule has 0 aromatic heterocycles. The third-order valence-corrected chi connectivity index (χ3v) is 4.06. The molecule has 0 aliphatic rings. The molecule has 1 aromatic rings. The first-order chi connectivity index (χ1) is 8.43. The fraction of sp³-hybridized carbons (Fsp3) is 0.308. The van der Waals surface area contributed by atoms with E-state index < -0.39 is 15.8 Å². The number of sulfone groups is 1. The number of ether oxygens (including phenoxy) is 1. The Hall–Kier alpha value is -1.62. The number of rotatable bonds is 6. The quantitative estimate of drug-likeness (QED) is 0.449. The molecular weight excluding hydrogens is 252 g/mol. The minimum absolute atomic E-state index is 0.0412. The van der Waals surface area contributed by atoms with Gasteiger partial charge in [-0.2, -0.15) is 0 Å². The van der Waals surface area contributed by atoms with Gasteiger partial charge in [-0.05, 0) is 25.5 Å². The molecule has 0 aliphatic carbocycles. The van der Waals surface area contributed by atoms with Gasteiger partial charge in [0.15, 0.2) is 9.84 Å². The van der Waals surface area contributed by atoms with Gasteiger partial charge in [0.05, 0.1) is 17.3 Å². The summed E-state index contributed by atoms with van der Waals surface area (Å²) < 4.78 is 28.5. The van der Waals surface area contributed by atoms with Crippen LogP contribution in [-0.4, -0.2) is 26.7 Å². The van der Waals surface area contributed by atoms with Crippen LogP contribution in [0.1, 0.15) is 13.3 Å². The van der Waals surface area contributed by atoms with Crippen LogP contribution in [-0.2, 0) is 19.4 Å². The molecule has 1 aromatic carbocycles. The lowest BCUT2D eigenvalue weighted by Gasteiger charge is -2.05. The van der Waals surface area contributed by atoms with Crippen molar-refractivity contribution in [2.24, 2.45) is 0 Å². The van der Waals surface area contributed by atoms with E-state index in [0.29, 0.717) is 5.57 Å². The molecular formula is C13H16O4S. The highest BCUT2D eigenvalue weighted by Gasteiger charge is 2.13. The van der Waals surface area contributed by atoms with Crippen LogP contribution in [0.25, 0.3) is 0 Å². The van der Waals surface area contributed by atoms with Gasteiger partial charge >= 0.3 is 5.97 Å². The fourth-order valence-electron chi connectivity index (χ4n) is 1.28. The first kappa shape index (κ1) is 14.4. The summed E-state index contributed by atoms with van der Waals surface area (Å²) in [5.74, 6) is -0.535. The molecule has 0 N–H and O–H groups in total. The van der Waals surface area contributed by atoms with Crippen molar-refractivity contribution in [3.63, 3.8) is 0 Å². The molecule has 0 heterocycles. The van der Waals surface area contributed by atoms with Gasteiger partial charge in [0, 0.05) is 5.57 Å². The van der Waals surface area contributed by atoms with Crippen molar-refractivity contribution in [1.82, 2.24) is 0 Å². The molecule has 5 heteroatoms. The van der Waals surface area contributed by atoms with E-state index in [1.165, 1.54) is 0 Å². The number of carbonyl (C=O) groups excluding carboxylic acids is 1. The van der Waals surface area contributed by atoms with Gasteiger partial charge in [-0.25, -0.2) is 13.2 Å². The van der Waals surface area contributed by atoms with Gasteiger partial charge in [-0.1, -0.05) is 24.8 Å². The van der Waals surface area contributed by atoms with Crippen molar-refractivity contribution < 1.29 is 17.9 Å². The predicted octanol–water partition coefficient (Wildman–Crippen LogP) is 1.97. The minimum Gasteiger partial charge on any atom is -0.462 e. The second-order valence-electron chi connectivity index (χ2n) is 3.90. The van der Waals surface area contributed by atoms with Crippen LogP contribution in [0.3, 0.4) is 0 Å². The van der Waals surface area contributed by atoms with Gasteiger partial charge in [0.25, 0.3) is 0 Å². The number of hydrogen-bond acceptors (Lipinski definition) is 4. The van der Waals surface area contributed by atoms with Crippen molar-refractivity contribution in [2.75, 3.05) is 12.4 Å². The lowest BCUT2D eigenvalue weighted by atomic mass is 10.4. The average molecular weight is 268 g/mol. The summed E-state index contributed by atoms with van der Waals surface area (Å²) in [5, 5.41) is 0. The number of hydrogen-bond donors (Lipinski definition) is 0. The first-order valence-electron chi connectivity index (χ1n) is 5.54. The van der Waals surface area contributed by atoms with Crippen LogP contribution < -0.4 is 0 Å². The van der Waals surface area contributed by atoms with Gasteiger partial charge in [-0.3, -0.25) is 0 Å². The molecule has 0 spiro atoms. The summed E-state index contributed by atoms with van der Waals surface area (Å²) in [7, 11) is -3.29. The largest absolute Gasteiger partial charge is 0.462 e. The van der Waals surface area contributed by atoms with Crippen molar-refractivity contribution >= 4 is 15.8 Å². The van der Waals surface area contributed by atoms with Crippen LogP contribution in [0.5, 0.6) is 0 Å². The van der Waals surface area contributed by atoms with E-state index in [9.17, 15) is 13.2 Å². The molecule has 0 unspecified atom stereocenters. The van der Waals surface area contributed by atoms with E-state index in [-0.39, 0.29) is 23.7 Å². The lowest BCUT2D eigenvalue weighted by Crippen LogP contribution is -2.12. The number of benzene rings is 1. The Bertz CT molecular complexity index is 517. The molecule has 0 aliphatic heterocycles. The Morgan fingerprint density at radius 2 is 1.89 bits per heavy atom. The van der Waals surface area contributed by atoms with E-state index in [1.54, 1.807) is 37.3 Å². The Labute approximate surface area is 107 Å². The summed E-state index contributed by atoms with van der Waals surface area (Å²) in [4.78, 5) is 11.4. The summed E-state index contributed by atoms with van der Waals surface area (Å²) in [6, 6.07) is 8.21. The van der Waals surface area contributed by atoms with Gasteiger partial charge in [0.2, 0.25) is 0 Å². The molecule has 0 radical (unpaired) electrons. The summed E-state index contributed by atoms with van der Waals surface area (Å²) in [6.07, 6.45) is 0.274. The minimum atomic E-state index is -3.29. The zero-order valence-corrected chi connectivity index (χ0v) is 11.1. The SMILES string of the molecule is C=C(C)C(=O)OCCCS(=O)(=O)c1ccccc1. The monoisotopic (exact) mass is 268 g/mol. The van der Waals surface area contributed by atoms with E-state index in [0.717, 1.165) is 0 Å². The second kappa shape index (κ2) is 6.35. The summed E-state index contributed by atoms with van der Waals surface area (Å²) in [6.45, 7) is 5.06. The first-order valence-corrected chi connectivity index (χ1v) is 7.19. The zero-order valence-electron chi connectivity index (χ0n) is 10.3. The molecule has 0 saturated carbocycles. The molecule has 4 nitrogen and oxygen atoms in total. The topological polar surface area (TPSA) is 60.4 Å². The molecule has 18 heavy (non-hydrogen) atoms. The van der Waals surface area contributed by atoms with Gasteiger partial charge in [0.1, 0.15) is 0 Å². The van der Waals surface area contributed by atoms with Crippen molar-refractivity contribution in [1.29, 1.82) is 0 Å². The smallest absolute Gasteiger partial charge is 0.333 e. The van der Waals surface area contributed by atoms with E-state index in [4.69, 9.17) is 4.74 Å². The lowest BCUT2D eigenvalue weighted by molar-refractivity contribution is -0.138. The maximum absolute atomic E-state index is 11.9. The zero-order chi connectivity index (χ0) is 13.6. The van der Waals surface area contributed by atoms with Crippen LogP contribution >= 0.6 is 0 Å². The predicted molar refractivity (Wildman–Crippen MR) is 68.9 cm³/mol. The maximum atomic E-state index is 11.9. The Kier molecular flexibility index (Phi) is 5.09. The third kappa shape index (κ3) is 4.33. The number of carbonyl (C=O) groups is 1. The Balaban J connectivity index is 2.45. The van der Waals surface area contributed by atoms with Crippen molar-refractivity contribution in [2.45, 2.75) is 18.2 Å². The second-order valence-corrected chi connectivity index (χ2v) is 6.01. The highest BCUT2D eigenvalue weighted by Crippen LogP contribution is 2.11. The molecule has 0 amide bonds. The van der Waals surface area contributed by atoms with E-state index >= 15 is 0 Å². The summed E-state index contributed by atoms with van der Waals surface area (Å²) >= 11 is 0. The standard InChI is InChI=1S/C13H16O4S/c1-11(2)13(14)17-9-6-10-18(15,16)12-7-4-3-5-8-12/h3-5,7-8H,1,6,9-10H2,2H3. The maximum Gasteiger partial charge on any atom is 0.333 e. The Morgan fingerprint density at radius 3 is 2.44 bits per heavy atom. The van der Waals surface area contributed by atoms with Crippen LogP contribution in [0.15, 0.2) is 47.4 Å². The highest BCUT2D eigenvalue weighted by molar-refractivity contribution is 7.91. The average Bonchev–Trinajstić information content (AvgIpc) is 2.35. The van der Waals surface area contributed by atoms with Crippen LogP contribution in [0.4, 0.5) is 0 Å². The fourth-order valence-corrected chi connectivity index (χ4v) is 2.59. The van der Waals surface area contributed by atoms with Gasteiger partial charge < -0.3 is 4.74 Å². The third-order valence-electron chi connectivity index (χ3n) is 2.24. The summed E-state index contributed by atoms with van der Waals surface area (Å²) in [5.41, 5.74) is 0.306. The molecule has 0 atom stereocenters. The highest BCUT2D eigenvalue weighted by atomic mass is 32.2. The molecule has 98 valence electrons. The Morgan fingerprint density at radius 1 is 1.28 bits per heavy atom. The molecule has 0 saturated heterocycles. The van der Waals surface area contributed by atoms with Crippen LogP contribution in [0, 0.1) is 0 Å². The van der Waals surface area contributed by atoms with E-state index in [1.807, 2.05) is 0 Å².